The van der Waals surface area contributed by atoms with Gasteiger partial charge in [-0.05, 0) is 28.4 Å². The fourth-order valence-electron chi connectivity index (χ4n) is 1.48. The van der Waals surface area contributed by atoms with Gasteiger partial charge in [-0.15, -0.1) is 0 Å². The molecule has 0 aliphatic heterocycles. The first-order valence-corrected chi connectivity index (χ1v) is 6.25. The van der Waals surface area contributed by atoms with E-state index in [2.05, 4.69) is 38.1 Å². The fourth-order valence-corrected chi connectivity index (χ4v) is 1.95. The van der Waals surface area contributed by atoms with E-state index in [0.29, 0.717) is 5.95 Å². The van der Waals surface area contributed by atoms with E-state index in [9.17, 15) is 0 Å². The number of nitrogens with zero attached hydrogens (tertiary/aromatic N) is 2. The van der Waals surface area contributed by atoms with Gasteiger partial charge < -0.3 is 5.32 Å². The monoisotopic (exact) mass is 279 g/mol. The maximum Gasteiger partial charge on any atom is 0.223 e. The fraction of sp³-hybridized carbons (Fsp3) is 0.333. The molecular weight excluding hydrogens is 266 g/mol. The number of rotatable bonds is 4. The third kappa shape index (κ3) is 2.50. The van der Waals surface area contributed by atoms with Crippen molar-refractivity contribution in [3.05, 3.63) is 28.9 Å². The first-order chi connectivity index (χ1) is 7.81. The van der Waals surface area contributed by atoms with E-state index < -0.39 is 0 Å². The van der Waals surface area contributed by atoms with Crippen LogP contribution in [0, 0.1) is 0 Å². The summed E-state index contributed by atoms with van der Waals surface area (Å²) in [4.78, 5) is 8.75. The Morgan fingerprint density at radius 2 is 2.25 bits per heavy atom. The molecule has 0 aliphatic rings. The molecule has 84 valence electrons. The molecule has 1 heterocycles. The van der Waals surface area contributed by atoms with Crippen LogP contribution in [0.1, 0.15) is 19.8 Å². The first kappa shape index (κ1) is 11.3. The van der Waals surface area contributed by atoms with Gasteiger partial charge in [-0.3, -0.25) is 0 Å². The molecule has 1 N–H and O–H groups in total. The summed E-state index contributed by atoms with van der Waals surface area (Å²) in [7, 11) is 0. The normalized spacial score (nSPS) is 10.6. The highest BCUT2D eigenvalue weighted by Gasteiger charge is 2.02. The minimum Gasteiger partial charge on any atom is -0.354 e. The predicted octanol–water partition coefficient (Wildman–Crippen LogP) is 3.60. The van der Waals surface area contributed by atoms with Gasteiger partial charge in [0.15, 0.2) is 0 Å². The highest BCUT2D eigenvalue weighted by atomic mass is 79.9. The number of hydrogen-bond donors (Lipinski definition) is 1. The largest absolute Gasteiger partial charge is 0.354 e. The maximum absolute atomic E-state index is 4.48. The average molecular weight is 280 g/mol. The van der Waals surface area contributed by atoms with Crippen LogP contribution in [0.2, 0.25) is 0 Å². The van der Waals surface area contributed by atoms with Crippen molar-refractivity contribution in [1.82, 2.24) is 9.97 Å². The zero-order valence-corrected chi connectivity index (χ0v) is 10.8. The Kier molecular flexibility index (Phi) is 3.72. The summed E-state index contributed by atoms with van der Waals surface area (Å²) >= 11 is 3.49. The molecule has 0 amide bonds. The van der Waals surface area contributed by atoms with Crippen molar-refractivity contribution in [2.24, 2.45) is 0 Å². The van der Waals surface area contributed by atoms with Crippen LogP contribution in [-0.4, -0.2) is 16.5 Å². The molecule has 16 heavy (non-hydrogen) atoms. The zero-order valence-electron chi connectivity index (χ0n) is 9.20. The average Bonchev–Trinajstić information content (AvgIpc) is 2.30. The predicted molar refractivity (Wildman–Crippen MR) is 70.6 cm³/mol. The molecular formula is C12H14BrN3. The Balaban J connectivity index is 2.25. The van der Waals surface area contributed by atoms with Gasteiger partial charge in [0, 0.05) is 22.6 Å². The van der Waals surface area contributed by atoms with E-state index in [0.717, 1.165) is 28.3 Å². The van der Waals surface area contributed by atoms with Crippen LogP contribution < -0.4 is 5.32 Å². The first-order valence-electron chi connectivity index (χ1n) is 5.46. The molecule has 4 heteroatoms. The van der Waals surface area contributed by atoms with Crippen LogP contribution in [0.15, 0.2) is 28.9 Å². The molecule has 0 radical (unpaired) electrons. The summed E-state index contributed by atoms with van der Waals surface area (Å²) in [6, 6.07) is 5.99. The number of nitrogens with one attached hydrogen (secondary N) is 1. The lowest BCUT2D eigenvalue weighted by Crippen LogP contribution is -2.04. The molecule has 0 atom stereocenters. The van der Waals surface area contributed by atoms with E-state index in [-0.39, 0.29) is 0 Å². The Morgan fingerprint density at radius 1 is 1.38 bits per heavy atom. The SMILES string of the molecule is CCCCNc1ncc2cccc(Br)c2n1. The molecule has 3 nitrogen and oxygen atoms in total. The van der Waals surface area contributed by atoms with Gasteiger partial charge in [0.25, 0.3) is 0 Å². The molecule has 1 aromatic heterocycles. The lowest BCUT2D eigenvalue weighted by atomic mass is 10.2. The number of anilines is 1. The summed E-state index contributed by atoms with van der Waals surface area (Å²) in [6.07, 6.45) is 4.16. The van der Waals surface area contributed by atoms with E-state index in [4.69, 9.17) is 0 Å². The highest BCUT2D eigenvalue weighted by molar-refractivity contribution is 9.10. The second kappa shape index (κ2) is 5.25. The van der Waals surface area contributed by atoms with Crippen molar-refractivity contribution in [2.75, 3.05) is 11.9 Å². The molecule has 2 rings (SSSR count). The number of para-hydroxylation sites is 1. The summed E-state index contributed by atoms with van der Waals surface area (Å²) in [5.74, 6) is 0.702. The Hall–Kier alpha value is -1.16. The third-order valence-corrected chi connectivity index (χ3v) is 3.01. The molecule has 1 aromatic carbocycles. The van der Waals surface area contributed by atoms with Gasteiger partial charge in [-0.1, -0.05) is 25.5 Å². The lowest BCUT2D eigenvalue weighted by molar-refractivity contribution is 0.827. The Morgan fingerprint density at radius 3 is 3.06 bits per heavy atom. The highest BCUT2D eigenvalue weighted by Crippen LogP contribution is 2.21. The van der Waals surface area contributed by atoms with Crippen LogP contribution in [-0.2, 0) is 0 Å². The number of aromatic nitrogens is 2. The quantitative estimate of drug-likeness (QED) is 0.869. The number of halogens is 1. The van der Waals surface area contributed by atoms with Crippen molar-refractivity contribution in [1.29, 1.82) is 0 Å². The van der Waals surface area contributed by atoms with Crippen molar-refractivity contribution in [3.8, 4) is 0 Å². The Labute approximate surface area is 103 Å². The number of benzene rings is 1. The minimum atomic E-state index is 0.702. The van der Waals surface area contributed by atoms with Gasteiger partial charge in [-0.25, -0.2) is 9.97 Å². The molecule has 0 unspecified atom stereocenters. The molecule has 0 fully saturated rings. The molecule has 2 aromatic rings. The van der Waals surface area contributed by atoms with E-state index >= 15 is 0 Å². The lowest BCUT2D eigenvalue weighted by Gasteiger charge is -2.05. The molecule has 0 aliphatic carbocycles. The number of unbranched alkanes of at least 4 members (excludes halogenated alkanes) is 1. The van der Waals surface area contributed by atoms with Crippen molar-refractivity contribution >= 4 is 32.8 Å². The van der Waals surface area contributed by atoms with Gasteiger partial charge in [0.1, 0.15) is 0 Å². The molecule has 0 bridgehead atoms. The van der Waals surface area contributed by atoms with Crippen LogP contribution in [0.25, 0.3) is 10.9 Å². The summed E-state index contributed by atoms with van der Waals surface area (Å²) in [5, 5.41) is 4.27. The topological polar surface area (TPSA) is 37.8 Å². The standard InChI is InChI=1S/C12H14BrN3/c1-2-3-7-14-12-15-8-9-5-4-6-10(13)11(9)16-12/h4-6,8H,2-3,7H2,1H3,(H,14,15,16). The van der Waals surface area contributed by atoms with Gasteiger partial charge in [-0.2, -0.15) is 0 Å². The van der Waals surface area contributed by atoms with E-state index in [1.54, 1.807) is 0 Å². The summed E-state index contributed by atoms with van der Waals surface area (Å²) < 4.78 is 1.01. The van der Waals surface area contributed by atoms with Crippen LogP contribution in [0.3, 0.4) is 0 Å². The van der Waals surface area contributed by atoms with E-state index in [1.165, 1.54) is 6.42 Å². The van der Waals surface area contributed by atoms with E-state index in [1.807, 2.05) is 24.4 Å². The van der Waals surface area contributed by atoms with Crippen LogP contribution in [0.4, 0.5) is 5.95 Å². The second-order valence-electron chi connectivity index (χ2n) is 3.65. The second-order valence-corrected chi connectivity index (χ2v) is 4.51. The smallest absolute Gasteiger partial charge is 0.223 e. The summed E-state index contributed by atoms with van der Waals surface area (Å²) in [5.41, 5.74) is 0.955. The molecule has 0 saturated heterocycles. The maximum atomic E-state index is 4.48. The van der Waals surface area contributed by atoms with Gasteiger partial charge in [0.05, 0.1) is 5.52 Å². The van der Waals surface area contributed by atoms with Crippen molar-refractivity contribution < 1.29 is 0 Å². The van der Waals surface area contributed by atoms with Gasteiger partial charge in [0.2, 0.25) is 5.95 Å². The van der Waals surface area contributed by atoms with Crippen molar-refractivity contribution in [2.45, 2.75) is 19.8 Å². The third-order valence-electron chi connectivity index (χ3n) is 2.38. The Bertz CT molecular complexity index is 485. The van der Waals surface area contributed by atoms with Gasteiger partial charge >= 0.3 is 0 Å². The zero-order chi connectivity index (χ0) is 11.4. The number of hydrogen-bond acceptors (Lipinski definition) is 3. The summed E-state index contributed by atoms with van der Waals surface area (Å²) in [6.45, 7) is 3.09. The van der Waals surface area contributed by atoms with Crippen molar-refractivity contribution in [3.63, 3.8) is 0 Å². The molecule has 0 spiro atoms. The van der Waals surface area contributed by atoms with Crippen LogP contribution >= 0.6 is 15.9 Å². The number of fused-ring (bicyclic) bond motifs is 1. The molecule has 0 saturated carbocycles. The van der Waals surface area contributed by atoms with Crippen LogP contribution in [0.5, 0.6) is 0 Å². The minimum absolute atomic E-state index is 0.702.